The lowest BCUT2D eigenvalue weighted by atomic mass is 10.1. The highest BCUT2D eigenvalue weighted by atomic mass is 16.5. The lowest BCUT2D eigenvalue weighted by Gasteiger charge is -2.08. The fourth-order valence-electron chi connectivity index (χ4n) is 2.43. The molecule has 0 saturated carbocycles. The summed E-state index contributed by atoms with van der Waals surface area (Å²) >= 11 is 0. The van der Waals surface area contributed by atoms with E-state index in [-0.39, 0.29) is 12.3 Å². The Hall–Kier alpha value is -1.32. The summed E-state index contributed by atoms with van der Waals surface area (Å²) in [6.45, 7) is 2.94. The molecule has 3 rings (SSSR count). The normalized spacial score (nSPS) is 25.4. The number of nitrogens with zero attached hydrogens (tertiary/aromatic N) is 1. The van der Waals surface area contributed by atoms with E-state index in [4.69, 9.17) is 4.74 Å². The van der Waals surface area contributed by atoms with Crippen LogP contribution in [0.1, 0.15) is 18.6 Å². The Morgan fingerprint density at radius 3 is 2.94 bits per heavy atom. The van der Waals surface area contributed by atoms with Crippen LogP contribution in [-0.2, 0) is 11.8 Å². The van der Waals surface area contributed by atoms with Crippen LogP contribution < -0.4 is 5.32 Å². The van der Waals surface area contributed by atoms with Crippen LogP contribution in [0.4, 0.5) is 0 Å². The number of hydrogen-bond donors (Lipinski definition) is 1. The second-order valence-corrected chi connectivity index (χ2v) is 4.39. The molecule has 0 spiro atoms. The number of aromatic nitrogens is 1. The molecular weight excluding hydrogens is 200 g/mol. The van der Waals surface area contributed by atoms with Crippen molar-refractivity contribution in [3.05, 3.63) is 36.0 Å². The van der Waals surface area contributed by atoms with Crippen LogP contribution in [0.3, 0.4) is 0 Å². The summed E-state index contributed by atoms with van der Waals surface area (Å²) in [5.41, 5.74) is 2.55. The van der Waals surface area contributed by atoms with Crippen LogP contribution in [-0.4, -0.2) is 17.3 Å². The van der Waals surface area contributed by atoms with Crippen molar-refractivity contribution >= 4 is 10.9 Å². The molecule has 1 aromatic heterocycles. The predicted octanol–water partition coefficient (Wildman–Crippen LogP) is 2.19. The Kier molecular flexibility index (Phi) is 2.23. The standard InChI is InChI=1S/C13H16N2O/c1-9-14-7-13(16-9)11-8-15(2)12-6-4-3-5-10(11)12/h3-6,8-9,13-14H,7H2,1-2H3. The van der Waals surface area contributed by atoms with E-state index in [1.807, 2.05) is 6.92 Å². The van der Waals surface area contributed by atoms with Crippen molar-refractivity contribution in [2.75, 3.05) is 6.54 Å². The molecule has 2 atom stereocenters. The Bertz CT molecular complexity index is 518. The lowest BCUT2D eigenvalue weighted by Crippen LogP contribution is -2.17. The summed E-state index contributed by atoms with van der Waals surface area (Å²) < 4.78 is 8.01. The fraction of sp³-hybridized carbons (Fsp3) is 0.385. The summed E-state index contributed by atoms with van der Waals surface area (Å²) in [5.74, 6) is 0. The third-order valence-electron chi connectivity index (χ3n) is 3.23. The Balaban J connectivity index is 2.10. The van der Waals surface area contributed by atoms with E-state index >= 15 is 0 Å². The molecule has 2 unspecified atom stereocenters. The number of fused-ring (bicyclic) bond motifs is 1. The van der Waals surface area contributed by atoms with E-state index in [0.29, 0.717) is 0 Å². The van der Waals surface area contributed by atoms with Gasteiger partial charge in [-0.15, -0.1) is 0 Å². The zero-order chi connectivity index (χ0) is 11.1. The highest BCUT2D eigenvalue weighted by Gasteiger charge is 2.25. The van der Waals surface area contributed by atoms with Crippen molar-refractivity contribution in [1.29, 1.82) is 0 Å². The quantitative estimate of drug-likeness (QED) is 0.790. The monoisotopic (exact) mass is 216 g/mol. The van der Waals surface area contributed by atoms with Gasteiger partial charge in [0, 0.05) is 36.3 Å². The van der Waals surface area contributed by atoms with Gasteiger partial charge in [-0.2, -0.15) is 0 Å². The summed E-state index contributed by atoms with van der Waals surface area (Å²) in [6, 6.07) is 8.46. The number of hydrogen-bond acceptors (Lipinski definition) is 2. The van der Waals surface area contributed by atoms with Crippen molar-refractivity contribution in [3.8, 4) is 0 Å². The molecule has 1 N–H and O–H groups in total. The molecular formula is C13H16N2O. The van der Waals surface area contributed by atoms with E-state index in [1.165, 1.54) is 16.5 Å². The maximum atomic E-state index is 5.84. The first-order chi connectivity index (χ1) is 7.75. The molecule has 1 fully saturated rings. The van der Waals surface area contributed by atoms with Gasteiger partial charge in [0.25, 0.3) is 0 Å². The number of para-hydroxylation sites is 1. The molecule has 84 valence electrons. The largest absolute Gasteiger partial charge is 0.354 e. The van der Waals surface area contributed by atoms with Gasteiger partial charge in [0.05, 0.1) is 6.10 Å². The van der Waals surface area contributed by atoms with Crippen LogP contribution in [0.5, 0.6) is 0 Å². The summed E-state index contributed by atoms with van der Waals surface area (Å²) in [4.78, 5) is 0. The molecule has 1 aromatic carbocycles. The van der Waals surface area contributed by atoms with Crippen molar-refractivity contribution in [2.24, 2.45) is 7.05 Å². The fourth-order valence-corrected chi connectivity index (χ4v) is 2.43. The second kappa shape index (κ2) is 3.61. The van der Waals surface area contributed by atoms with Crippen LogP contribution in [0.25, 0.3) is 10.9 Å². The van der Waals surface area contributed by atoms with Gasteiger partial charge in [-0.1, -0.05) is 18.2 Å². The van der Waals surface area contributed by atoms with Gasteiger partial charge in [-0.25, -0.2) is 0 Å². The number of aryl methyl sites for hydroxylation is 1. The van der Waals surface area contributed by atoms with E-state index in [1.54, 1.807) is 0 Å². The van der Waals surface area contributed by atoms with Gasteiger partial charge in [0.1, 0.15) is 6.23 Å². The molecule has 16 heavy (non-hydrogen) atoms. The number of benzene rings is 1. The number of nitrogens with one attached hydrogen (secondary N) is 1. The first-order valence-corrected chi connectivity index (χ1v) is 5.68. The van der Waals surface area contributed by atoms with Crippen molar-refractivity contribution in [3.63, 3.8) is 0 Å². The minimum atomic E-state index is 0.156. The summed E-state index contributed by atoms with van der Waals surface area (Å²) in [7, 11) is 2.08. The van der Waals surface area contributed by atoms with Crippen molar-refractivity contribution in [2.45, 2.75) is 19.3 Å². The van der Waals surface area contributed by atoms with E-state index in [0.717, 1.165) is 6.54 Å². The molecule has 1 aliphatic heterocycles. The minimum Gasteiger partial charge on any atom is -0.354 e. The molecule has 1 saturated heterocycles. The molecule has 3 heteroatoms. The minimum absolute atomic E-state index is 0.156. The second-order valence-electron chi connectivity index (χ2n) is 4.39. The van der Waals surface area contributed by atoms with Gasteiger partial charge in [-0.05, 0) is 13.0 Å². The molecule has 2 aromatic rings. The maximum Gasteiger partial charge on any atom is 0.106 e. The Morgan fingerprint density at radius 1 is 1.38 bits per heavy atom. The van der Waals surface area contributed by atoms with Gasteiger partial charge >= 0.3 is 0 Å². The SMILES string of the molecule is CC1NCC(c2cn(C)c3ccccc23)O1. The molecule has 0 aliphatic carbocycles. The van der Waals surface area contributed by atoms with Gasteiger partial charge in [0.15, 0.2) is 0 Å². The zero-order valence-corrected chi connectivity index (χ0v) is 9.60. The molecule has 0 bridgehead atoms. The van der Waals surface area contributed by atoms with E-state index in [9.17, 15) is 0 Å². The van der Waals surface area contributed by atoms with Crippen LogP contribution in [0, 0.1) is 0 Å². The molecule has 2 heterocycles. The van der Waals surface area contributed by atoms with Gasteiger partial charge < -0.3 is 9.30 Å². The van der Waals surface area contributed by atoms with Gasteiger partial charge in [0.2, 0.25) is 0 Å². The third kappa shape index (κ3) is 1.44. The Labute approximate surface area is 95.0 Å². The van der Waals surface area contributed by atoms with E-state index < -0.39 is 0 Å². The predicted molar refractivity (Wildman–Crippen MR) is 64.2 cm³/mol. The highest BCUT2D eigenvalue weighted by molar-refractivity contribution is 5.84. The summed E-state index contributed by atoms with van der Waals surface area (Å²) in [6.07, 6.45) is 2.51. The molecule has 0 radical (unpaired) electrons. The van der Waals surface area contributed by atoms with Crippen LogP contribution in [0.2, 0.25) is 0 Å². The first-order valence-electron chi connectivity index (χ1n) is 5.68. The first kappa shape index (κ1) is 9.87. The molecule has 1 aliphatic rings. The van der Waals surface area contributed by atoms with Gasteiger partial charge in [-0.3, -0.25) is 5.32 Å². The van der Waals surface area contributed by atoms with Crippen LogP contribution >= 0.6 is 0 Å². The van der Waals surface area contributed by atoms with Crippen LogP contribution in [0.15, 0.2) is 30.5 Å². The third-order valence-corrected chi connectivity index (χ3v) is 3.23. The van der Waals surface area contributed by atoms with E-state index in [2.05, 4.69) is 47.4 Å². The zero-order valence-electron chi connectivity index (χ0n) is 9.60. The lowest BCUT2D eigenvalue weighted by molar-refractivity contribution is 0.0536. The molecule has 0 amide bonds. The van der Waals surface area contributed by atoms with Crippen molar-refractivity contribution < 1.29 is 4.74 Å². The Morgan fingerprint density at radius 2 is 2.19 bits per heavy atom. The highest BCUT2D eigenvalue weighted by Crippen LogP contribution is 2.30. The smallest absolute Gasteiger partial charge is 0.106 e. The average molecular weight is 216 g/mol. The number of rotatable bonds is 1. The maximum absolute atomic E-state index is 5.84. The average Bonchev–Trinajstić information content (AvgIpc) is 2.84. The number of ether oxygens (including phenoxy) is 1. The topological polar surface area (TPSA) is 26.2 Å². The van der Waals surface area contributed by atoms with Crippen molar-refractivity contribution in [1.82, 2.24) is 9.88 Å². The molecule has 3 nitrogen and oxygen atoms in total. The summed E-state index contributed by atoms with van der Waals surface area (Å²) in [5, 5.41) is 4.61.